The minimum atomic E-state index is 0.0565. The van der Waals surface area contributed by atoms with Gasteiger partial charge in [-0.25, -0.2) is 0 Å². The molecule has 25 heavy (non-hydrogen) atoms. The first kappa shape index (κ1) is 19.6. The lowest BCUT2D eigenvalue weighted by molar-refractivity contribution is 0.499. The molecule has 2 aromatic carbocycles. The van der Waals surface area contributed by atoms with Crippen LogP contribution in [-0.2, 0) is 16.2 Å². The Labute approximate surface area is 154 Å². The third-order valence-electron chi connectivity index (χ3n) is 4.57. The molecule has 0 amide bonds. The molecule has 0 fully saturated rings. The van der Waals surface area contributed by atoms with Gasteiger partial charge in [-0.2, -0.15) is 0 Å². The molecule has 0 aromatic heterocycles. The molecule has 0 aliphatic carbocycles. The molecule has 0 saturated heterocycles. The third-order valence-corrected chi connectivity index (χ3v) is 4.57. The lowest BCUT2D eigenvalue weighted by Crippen LogP contribution is -2.29. The number of anilines is 2. The first-order chi connectivity index (χ1) is 11.3. The Morgan fingerprint density at radius 3 is 1.52 bits per heavy atom. The summed E-state index contributed by atoms with van der Waals surface area (Å²) in [6.07, 6.45) is 0. The van der Waals surface area contributed by atoms with Gasteiger partial charge in [0.2, 0.25) is 0 Å². The standard InChI is InChI=1S/C24H35N/c1-22(2,3)18-15-16-19(25-17-13-11-10-12-14-17)21(24(7,8)9)20(18)23(4,5)6/h10-16,25H,1-9H3. The minimum Gasteiger partial charge on any atom is -0.355 e. The van der Waals surface area contributed by atoms with Gasteiger partial charge in [0, 0.05) is 11.4 Å². The molecule has 0 unspecified atom stereocenters. The van der Waals surface area contributed by atoms with E-state index in [2.05, 4.69) is 110 Å². The fourth-order valence-electron chi connectivity index (χ4n) is 3.57. The predicted octanol–water partition coefficient (Wildman–Crippen LogP) is 7.32. The molecule has 0 aliphatic heterocycles. The van der Waals surface area contributed by atoms with Crippen LogP contribution in [0.15, 0.2) is 42.5 Å². The van der Waals surface area contributed by atoms with E-state index in [9.17, 15) is 0 Å². The first-order valence-electron chi connectivity index (χ1n) is 9.32. The van der Waals surface area contributed by atoms with E-state index in [1.807, 2.05) is 0 Å². The summed E-state index contributed by atoms with van der Waals surface area (Å²) in [5, 5.41) is 3.67. The van der Waals surface area contributed by atoms with Crippen molar-refractivity contribution >= 4 is 11.4 Å². The van der Waals surface area contributed by atoms with E-state index in [1.165, 1.54) is 22.4 Å². The van der Waals surface area contributed by atoms with Crippen molar-refractivity contribution in [3.63, 3.8) is 0 Å². The highest BCUT2D eigenvalue weighted by molar-refractivity contribution is 5.69. The maximum absolute atomic E-state index is 3.67. The van der Waals surface area contributed by atoms with Crippen LogP contribution in [-0.4, -0.2) is 0 Å². The summed E-state index contributed by atoms with van der Waals surface area (Å²) in [6.45, 7) is 20.9. The molecule has 136 valence electrons. The lowest BCUT2D eigenvalue weighted by Gasteiger charge is -2.38. The second-order valence-electron chi connectivity index (χ2n) is 10.2. The highest BCUT2D eigenvalue weighted by Gasteiger charge is 2.33. The van der Waals surface area contributed by atoms with E-state index in [0.717, 1.165) is 5.69 Å². The lowest BCUT2D eigenvalue weighted by atomic mass is 9.68. The summed E-state index contributed by atoms with van der Waals surface area (Å²) in [4.78, 5) is 0. The van der Waals surface area contributed by atoms with Gasteiger partial charge in [-0.15, -0.1) is 0 Å². The zero-order chi connectivity index (χ0) is 19.0. The molecule has 2 aromatic rings. The predicted molar refractivity (Wildman–Crippen MR) is 112 cm³/mol. The Hall–Kier alpha value is -1.76. The maximum atomic E-state index is 3.67. The fraction of sp³-hybridized carbons (Fsp3) is 0.500. The second-order valence-corrected chi connectivity index (χ2v) is 10.2. The summed E-state index contributed by atoms with van der Waals surface area (Å²) >= 11 is 0. The molecule has 1 N–H and O–H groups in total. The van der Waals surface area contributed by atoms with Gasteiger partial charge in [0.25, 0.3) is 0 Å². The van der Waals surface area contributed by atoms with Gasteiger partial charge < -0.3 is 5.32 Å². The van der Waals surface area contributed by atoms with Crippen LogP contribution in [0, 0.1) is 0 Å². The van der Waals surface area contributed by atoms with Crippen LogP contribution in [0.2, 0.25) is 0 Å². The highest BCUT2D eigenvalue weighted by Crippen LogP contribution is 2.44. The van der Waals surface area contributed by atoms with E-state index in [4.69, 9.17) is 0 Å². The molecule has 0 bridgehead atoms. The zero-order valence-corrected chi connectivity index (χ0v) is 17.5. The smallest absolute Gasteiger partial charge is 0.0425 e. The van der Waals surface area contributed by atoms with Crippen LogP contribution in [0.5, 0.6) is 0 Å². The van der Waals surface area contributed by atoms with Crippen molar-refractivity contribution in [1.29, 1.82) is 0 Å². The number of hydrogen-bond donors (Lipinski definition) is 1. The molecule has 0 spiro atoms. The van der Waals surface area contributed by atoms with Crippen molar-refractivity contribution in [3.05, 3.63) is 59.2 Å². The monoisotopic (exact) mass is 337 g/mol. The van der Waals surface area contributed by atoms with Crippen LogP contribution in [0.4, 0.5) is 11.4 Å². The molecule has 0 aliphatic rings. The molecule has 0 heterocycles. The number of hydrogen-bond acceptors (Lipinski definition) is 1. The largest absolute Gasteiger partial charge is 0.355 e. The normalized spacial score (nSPS) is 13.0. The molecule has 0 radical (unpaired) electrons. The number of benzene rings is 2. The second kappa shape index (κ2) is 6.52. The Bertz CT molecular complexity index is 720. The minimum absolute atomic E-state index is 0.0565. The average molecular weight is 338 g/mol. The van der Waals surface area contributed by atoms with Gasteiger partial charge in [0.15, 0.2) is 0 Å². The summed E-state index contributed by atoms with van der Waals surface area (Å²) in [6, 6.07) is 15.0. The van der Waals surface area contributed by atoms with Crippen molar-refractivity contribution in [2.75, 3.05) is 5.32 Å². The SMILES string of the molecule is CC(C)(C)c1ccc(Nc2ccccc2)c(C(C)(C)C)c1C(C)(C)C. The van der Waals surface area contributed by atoms with E-state index in [0.29, 0.717) is 0 Å². The van der Waals surface area contributed by atoms with Crippen LogP contribution in [0.1, 0.15) is 79.0 Å². The molecular weight excluding hydrogens is 302 g/mol. The fourth-order valence-corrected chi connectivity index (χ4v) is 3.57. The molecular formula is C24H35N. The maximum Gasteiger partial charge on any atom is 0.0425 e. The van der Waals surface area contributed by atoms with Gasteiger partial charge in [-0.3, -0.25) is 0 Å². The molecule has 0 saturated carbocycles. The molecule has 0 atom stereocenters. The zero-order valence-electron chi connectivity index (χ0n) is 17.5. The number of rotatable bonds is 2. The summed E-state index contributed by atoms with van der Waals surface area (Å²) in [5.74, 6) is 0. The third kappa shape index (κ3) is 4.45. The Morgan fingerprint density at radius 1 is 0.560 bits per heavy atom. The van der Waals surface area contributed by atoms with Crippen LogP contribution in [0.3, 0.4) is 0 Å². The van der Waals surface area contributed by atoms with E-state index in [1.54, 1.807) is 0 Å². The topological polar surface area (TPSA) is 12.0 Å². The van der Waals surface area contributed by atoms with E-state index < -0.39 is 0 Å². The molecule has 2 rings (SSSR count). The Balaban J connectivity index is 2.78. The highest BCUT2D eigenvalue weighted by atomic mass is 14.9. The summed E-state index contributed by atoms with van der Waals surface area (Å²) < 4.78 is 0. The number of para-hydroxylation sites is 1. The van der Waals surface area contributed by atoms with E-state index in [-0.39, 0.29) is 16.2 Å². The first-order valence-corrected chi connectivity index (χ1v) is 9.32. The van der Waals surface area contributed by atoms with Crippen LogP contribution >= 0.6 is 0 Å². The summed E-state index contributed by atoms with van der Waals surface area (Å²) in [7, 11) is 0. The van der Waals surface area contributed by atoms with Gasteiger partial charge in [0.1, 0.15) is 0 Å². The van der Waals surface area contributed by atoms with Crippen molar-refractivity contribution in [3.8, 4) is 0 Å². The van der Waals surface area contributed by atoms with Crippen molar-refractivity contribution in [1.82, 2.24) is 0 Å². The molecule has 1 heteroatoms. The van der Waals surface area contributed by atoms with Crippen molar-refractivity contribution in [2.24, 2.45) is 0 Å². The van der Waals surface area contributed by atoms with Gasteiger partial charge in [0.05, 0.1) is 0 Å². The van der Waals surface area contributed by atoms with Gasteiger partial charge >= 0.3 is 0 Å². The van der Waals surface area contributed by atoms with Crippen molar-refractivity contribution in [2.45, 2.75) is 78.6 Å². The van der Waals surface area contributed by atoms with Crippen molar-refractivity contribution < 1.29 is 0 Å². The quantitative estimate of drug-likeness (QED) is 0.605. The summed E-state index contributed by atoms with van der Waals surface area (Å²) in [5.41, 5.74) is 6.97. The van der Waals surface area contributed by atoms with Crippen LogP contribution < -0.4 is 5.32 Å². The van der Waals surface area contributed by atoms with Crippen LogP contribution in [0.25, 0.3) is 0 Å². The Morgan fingerprint density at radius 2 is 1.08 bits per heavy atom. The number of nitrogens with one attached hydrogen (secondary N) is 1. The van der Waals surface area contributed by atoms with E-state index >= 15 is 0 Å². The Kier molecular flexibility index (Phi) is 5.10. The van der Waals surface area contributed by atoms with Gasteiger partial charge in [-0.05, 0) is 51.1 Å². The van der Waals surface area contributed by atoms with Gasteiger partial charge in [-0.1, -0.05) is 86.6 Å². The molecule has 1 nitrogen and oxygen atoms in total. The average Bonchev–Trinajstić information content (AvgIpc) is 2.44.